The van der Waals surface area contributed by atoms with E-state index in [9.17, 15) is 38.7 Å². The Morgan fingerprint density at radius 3 is 1.92 bits per heavy atom. The summed E-state index contributed by atoms with van der Waals surface area (Å²) in [6.07, 6.45) is 0.128. The quantitative estimate of drug-likeness (QED) is 0.326. The van der Waals surface area contributed by atoms with E-state index in [1.54, 1.807) is 32.9 Å². The van der Waals surface area contributed by atoms with Crippen molar-refractivity contribution in [3.8, 4) is 0 Å². The third-order valence-electron chi connectivity index (χ3n) is 12.1. The Morgan fingerprint density at radius 2 is 1.35 bits per heavy atom. The highest BCUT2D eigenvalue weighted by Crippen LogP contribution is 2.26. The van der Waals surface area contributed by atoms with Crippen LogP contribution in [0.15, 0.2) is 42.0 Å². The van der Waals surface area contributed by atoms with Gasteiger partial charge in [-0.2, -0.15) is 0 Å². The number of nitrogens with zero attached hydrogens (tertiary/aromatic N) is 3. The van der Waals surface area contributed by atoms with Crippen molar-refractivity contribution in [2.75, 3.05) is 27.7 Å². The largest absolute Gasteiger partial charge is 0.460 e. The van der Waals surface area contributed by atoms with Crippen LogP contribution in [-0.2, 0) is 49.5 Å². The van der Waals surface area contributed by atoms with Crippen LogP contribution < -0.4 is 10.6 Å². The Kier molecular flexibility index (Phi) is 20.4. The summed E-state index contributed by atoms with van der Waals surface area (Å²) in [6, 6.07) is 4.67. The Bertz CT molecular complexity index is 1670. The summed E-state index contributed by atoms with van der Waals surface area (Å²) in [5.41, 5.74) is 0.889. The number of rotatable bonds is 8. The van der Waals surface area contributed by atoms with Crippen molar-refractivity contribution in [3.05, 3.63) is 47.5 Å². The molecule has 0 unspecified atom stereocenters. The highest BCUT2D eigenvalue weighted by atomic mass is 16.6. The van der Waals surface area contributed by atoms with Crippen LogP contribution in [-0.4, -0.2) is 131 Å². The molecule has 11 atom stereocenters. The zero-order valence-corrected chi connectivity index (χ0v) is 38.0. The van der Waals surface area contributed by atoms with Crippen LogP contribution >= 0.6 is 0 Å². The molecule has 5 amide bonds. The SMILES string of the molecule is CC[C@@H](C)[C@@H]1NC(=O)CN(C)C(=O)[C@@H](Cc2ccccc2)N(C)C(=O)[C@H](C)NC(=O)[C@@H]([C@@H](C)CC)OC(=O)/C(C)=C\C[C@H](O)[C@H](C)[C@H]([C@@H](C)CC)OC(=O)[C@H](C)N(C)C1=O. The Labute approximate surface area is 356 Å². The van der Waals surface area contributed by atoms with Crippen molar-refractivity contribution in [1.82, 2.24) is 25.3 Å². The summed E-state index contributed by atoms with van der Waals surface area (Å²) < 4.78 is 11.8. The van der Waals surface area contributed by atoms with Crippen LogP contribution in [0.25, 0.3) is 0 Å². The van der Waals surface area contributed by atoms with Crippen LogP contribution in [0.2, 0.25) is 0 Å². The van der Waals surface area contributed by atoms with Crippen LogP contribution in [0.1, 0.15) is 100 Å². The lowest BCUT2D eigenvalue weighted by Crippen LogP contribution is -2.58. The Morgan fingerprint density at radius 1 is 0.767 bits per heavy atom. The molecule has 0 saturated heterocycles. The van der Waals surface area contributed by atoms with E-state index in [0.29, 0.717) is 19.3 Å². The number of nitrogens with one attached hydrogen (secondary N) is 2. The number of carbonyl (C=O) groups is 7. The molecule has 2 rings (SSSR count). The second-order valence-corrected chi connectivity index (χ2v) is 16.7. The maximum Gasteiger partial charge on any atom is 0.334 e. The van der Waals surface area contributed by atoms with Gasteiger partial charge in [-0.25, -0.2) is 9.59 Å². The summed E-state index contributed by atoms with van der Waals surface area (Å²) in [6.45, 7) is 16.9. The molecule has 3 N–H and O–H groups in total. The van der Waals surface area contributed by atoms with Gasteiger partial charge in [-0.3, -0.25) is 24.0 Å². The average molecular weight is 842 g/mol. The van der Waals surface area contributed by atoms with Gasteiger partial charge in [-0.15, -0.1) is 0 Å². The number of likely N-dealkylation sites (N-methyl/N-ethyl adjacent to an activating group) is 3. The fourth-order valence-electron chi connectivity index (χ4n) is 6.93. The molecular weight excluding hydrogens is 771 g/mol. The first kappa shape index (κ1) is 51.4. The second-order valence-electron chi connectivity index (χ2n) is 16.7. The van der Waals surface area contributed by atoms with Crippen molar-refractivity contribution in [1.29, 1.82) is 0 Å². The number of hydrogen-bond donors (Lipinski definition) is 3. The number of carbonyl (C=O) groups excluding carboxylic acids is 7. The zero-order valence-electron chi connectivity index (χ0n) is 38.0. The highest BCUT2D eigenvalue weighted by molar-refractivity contribution is 5.96. The summed E-state index contributed by atoms with van der Waals surface area (Å²) >= 11 is 0. The van der Waals surface area contributed by atoms with Gasteiger partial charge in [0.25, 0.3) is 5.91 Å². The molecule has 0 aromatic heterocycles. The molecule has 336 valence electrons. The van der Waals surface area contributed by atoms with Crippen molar-refractivity contribution in [3.63, 3.8) is 0 Å². The molecule has 0 fully saturated rings. The maximum atomic E-state index is 14.2. The van der Waals surface area contributed by atoms with Gasteiger partial charge >= 0.3 is 11.9 Å². The summed E-state index contributed by atoms with van der Waals surface area (Å²) in [7, 11) is 4.33. The van der Waals surface area contributed by atoms with Gasteiger partial charge in [0.15, 0.2) is 6.10 Å². The lowest BCUT2D eigenvalue weighted by Gasteiger charge is -2.35. The number of aliphatic hydroxyl groups is 1. The minimum atomic E-state index is -1.26. The van der Waals surface area contributed by atoms with E-state index in [-0.39, 0.29) is 30.3 Å². The minimum Gasteiger partial charge on any atom is -0.460 e. The number of benzene rings is 1. The van der Waals surface area contributed by atoms with Gasteiger partial charge in [-0.1, -0.05) is 97.7 Å². The number of esters is 2. The summed E-state index contributed by atoms with van der Waals surface area (Å²) in [5, 5.41) is 16.8. The molecule has 1 heterocycles. The van der Waals surface area contributed by atoms with Gasteiger partial charge in [0, 0.05) is 45.0 Å². The van der Waals surface area contributed by atoms with Crippen molar-refractivity contribution in [2.24, 2.45) is 23.7 Å². The van der Waals surface area contributed by atoms with Crippen molar-refractivity contribution in [2.45, 2.75) is 144 Å². The molecule has 1 aromatic carbocycles. The van der Waals surface area contributed by atoms with Gasteiger partial charge in [-0.05, 0) is 51.0 Å². The smallest absolute Gasteiger partial charge is 0.334 e. The molecular formula is C45H71N5O10. The molecule has 1 aliphatic heterocycles. The van der Waals surface area contributed by atoms with Crippen LogP contribution in [0.5, 0.6) is 0 Å². The predicted octanol–water partition coefficient (Wildman–Crippen LogP) is 3.66. The van der Waals surface area contributed by atoms with Crippen LogP contribution in [0.4, 0.5) is 0 Å². The zero-order chi connectivity index (χ0) is 45.6. The van der Waals surface area contributed by atoms with E-state index in [2.05, 4.69) is 10.6 Å². The van der Waals surface area contributed by atoms with E-state index in [0.717, 1.165) is 5.56 Å². The first-order chi connectivity index (χ1) is 28.1. The predicted molar refractivity (Wildman–Crippen MR) is 228 cm³/mol. The van der Waals surface area contributed by atoms with E-state index < -0.39 is 102 Å². The molecule has 15 heteroatoms. The summed E-state index contributed by atoms with van der Waals surface area (Å²) in [5.74, 6) is -6.06. The maximum absolute atomic E-state index is 14.2. The van der Waals surface area contributed by atoms with Crippen LogP contribution in [0, 0.1) is 23.7 Å². The van der Waals surface area contributed by atoms with Crippen molar-refractivity contribution >= 4 is 41.5 Å². The minimum absolute atomic E-state index is 0.00688. The fourth-order valence-corrected chi connectivity index (χ4v) is 6.93. The molecule has 0 bridgehead atoms. The molecule has 0 saturated carbocycles. The average Bonchev–Trinajstić information content (AvgIpc) is 3.24. The topological polar surface area (TPSA) is 192 Å². The van der Waals surface area contributed by atoms with Gasteiger partial charge < -0.3 is 39.9 Å². The second kappa shape index (κ2) is 23.9. The Hall–Kier alpha value is -4.79. The molecule has 0 radical (unpaired) electrons. The van der Waals surface area contributed by atoms with Crippen molar-refractivity contribution < 1.29 is 48.1 Å². The number of aliphatic hydroxyl groups excluding tert-OH is 1. The number of cyclic esters (lactones) is 2. The first-order valence-electron chi connectivity index (χ1n) is 21.3. The lowest BCUT2D eigenvalue weighted by molar-refractivity contribution is -0.166. The highest BCUT2D eigenvalue weighted by Gasteiger charge is 2.39. The molecule has 1 aromatic rings. The van der Waals surface area contributed by atoms with Gasteiger partial charge in [0.05, 0.1) is 12.6 Å². The lowest BCUT2D eigenvalue weighted by atomic mass is 9.86. The molecule has 60 heavy (non-hydrogen) atoms. The Balaban J connectivity index is 2.66. The fraction of sp³-hybridized carbons (Fsp3) is 0.667. The third-order valence-corrected chi connectivity index (χ3v) is 12.1. The first-order valence-corrected chi connectivity index (χ1v) is 21.3. The standard InChI is InChI=1S/C45H71N5O10/c1-14-26(4)37-43(56)49(12)32(10)45(58)59-38(27(5)15-2)30(8)35(51)23-22-29(7)44(57)60-39(28(6)16-3)40(53)46-31(9)41(54)50(13)34(24-33-20-18-17-19-21-33)42(55)48(11)25-36(52)47-37/h17-22,26-28,30-32,34-35,37-39,51H,14-16,23-25H2,1-13H3,(H,46,53)(H,47,52)/b29-22-/t26-,27+,28+,30+,31+,32+,34-,35+,37+,38+,39-/m1/s1. The molecule has 1 aliphatic rings. The molecule has 0 spiro atoms. The monoisotopic (exact) mass is 842 g/mol. The van der Waals surface area contributed by atoms with Gasteiger partial charge in [0.1, 0.15) is 30.3 Å². The normalized spacial score (nSPS) is 29.4. The summed E-state index contributed by atoms with van der Waals surface area (Å²) in [4.78, 5) is 100. The number of amides is 5. The molecule has 15 nitrogen and oxygen atoms in total. The van der Waals surface area contributed by atoms with Crippen LogP contribution in [0.3, 0.4) is 0 Å². The van der Waals surface area contributed by atoms with E-state index >= 15 is 0 Å². The number of hydrogen-bond acceptors (Lipinski definition) is 10. The number of ether oxygens (including phenoxy) is 2. The van der Waals surface area contributed by atoms with Gasteiger partial charge in [0.2, 0.25) is 23.6 Å². The third kappa shape index (κ3) is 13.9. The van der Waals surface area contributed by atoms with E-state index in [1.807, 2.05) is 45.9 Å². The van der Waals surface area contributed by atoms with E-state index in [1.165, 1.54) is 62.7 Å². The van der Waals surface area contributed by atoms with E-state index in [4.69, 9.17) is 9.47 Å². The molecule has 0 aliphatic carbocycles.